The fourth-order valence-corrected chi connectivity index (χ4v) is 2.40. The largest absolute Gasteiger partial charge is 0.363 e. The van der Waals surface area contributed by atoms with Crippen LogP contribution < -0.4 is 5.32 Å². The zero-order valence-corrected chi connectivity index (χ0v) is 12.3. The van der Waals surface area contributed by atoms with Crippen LogP contribution in [0.25, 0.3) is 0 Å². The van der Waals surface area contributed by atoms with Gasteiger partial charge in [-0.3, -0.25) is 4.68 Å². The maximum absolute atomic E-state index is 8.79. The molecule has 5 heteroatoms. The molecule has 0 saturated heterocycles. The van der Waals surface area contributed by atoms with Crippen LogP contribution in [0.4, 0.5) is 5.82 Å². The third-order valence-electron chi connectivity index (χ3n) is 3.54. The summed E-state index contributed by atoms with van der Waals surface area (Å²) >= 11 is 0. The molecule has 0 saturated carbocycles. The number of pyridine rings is 1. The summed E-state index contributed by atoms with van der Waals surface area (Å²) in [4.78, 5) is 4.27. The number of rotatable bonds is 4. The molecule has 0 spiro atoms. The molecule has 5 nitrogen and oxygen atoms in total. The molecule has 0 radical (unpaired) electrons. The van der Waals surface area contributed by atoms with Crippen molar-refractivity contribution in [3.05, 3.63) is 40.8 Å². The lowest BCUT2D eigenvalue weighted by Gasteiger charge is -2.18. The second-order valence-corrected chi connectivity index (χ2v) is 4.86. The molecule has 0 aliphatic rings. The summed E-state index contributed by atoms with van der Waals surface area (Å²) in [7, 11) is 1.96. The quantitative estimate of drug-likeness (QED) is 0.926. The number of nitriles is 1. The molecule has 104 valence electrons. The minimum absolute atomic E-state index is 0.170. The van der Waals surface area contributed by atoms with Gasteiger partial charge in [0.1, 0.15) is 11.9 Å². The molecule has 2 aromatic rings. The monoisotopic (exact) mass is 269 g/mol. The Labute approximate surface area is 119 Å². The number of hydrogen-bond acceptors (Lipinski definition) is 4. The zero-order valence-electron chi connectivity index (χ0n) is 12.3. The predicted molar refractivity (Wildman–Crippen MR) is 78.3 cm³/mol. The SMILES string of the molecule is CCC(Nc1ccc(C#N)cn1)c1c(C)nn(C)c1C. The average molecular weight is 269 g/mol. The van der Waals surface area contributed by atoms with E-state index in [2.05, 4.69) is 35.3 Å². The van der Waals surface area contributed by atoms with Gasteiger partial charge in [-0.1, -0.05) is 6.92 Å². The number of nitrogens with zero attached hydrogens (tertiary/aromatic N) is 4. The van der Waals surface area contributed by atoms with Crippen LogP contribution in [-0.2, 0) is 7.05 Å². The second-order valence-electron chi connectivity index (χ2n) is 4.86. The molecule has 1 atom stereocenters. The average Bonchev–Trinajstić information content (AvgIpc) is 2.71. The van der Waals surface area contributed by atoms with Gasteiger partial charge < -0.3 is 5.32 Å². The number of aryl methyl sites for hydroxylation is 2. The van der Waals surface area contributed by atoms with Gasteiger partial charge in [0.15, 0.2) is 0 Å². The van der Waals surface area contributed by atoms with Crippen LogP contribution in [-0.4, -0.2) is 14.8 Å². The van der Waals surface area contributed by atoms with Crippen molar-refractivity contribution in [1.82, 2.24) is 14.8 Å². The lowest BCUT2D eigenvalue weighted by molar-refractivity contribution is 0.714. The molecule has 2 aromatic heterocycles. The first-order valence-electron chi connectivity index (χ1n) is 6.69. The summed E-state index contributed by atoms with van der Waals surface area (Å²) in [5.74, 6) is 0.776. The number of nitrogens with one attached hydrogen (secondary N) is 1. The smallest absolute Gasteiger partial charge is 0.126 e. The van der Waals surface area contributed by atoms with E-state index in [9.17, 15) is 0 Å². The molecule has 0 aliphatic heterocycles. The highest BCUT2D eigenvalue weighted by Gasteiger charge is 2.18. The second kappa shape index (κ2) is 5.74. The first-order valence-corrected chi connectivity index (χ1v) is 6.69. The molecule has 0 bridgehead atoms. The van der Waals surface area contributed by atoms with Gasteiger partial charge >= 0.3 is 0 Å². The lowest BCUT2D eigenvalue weighted by atomic mass is 10.0. The molecule has 2 heterocycles. The van der Waals surface area contributed by atoms with Crippen LogP contribution in [0.2, 0.25) is 0 Å². The van der Waals surface area contributed by atoms with E-state index in [4.69, 9.17) is 5.26 Å². The van der Waals surface area contributed by atoms with Gasteiger partial charge in [0.05, 0.1) is 17.3 Å². The Morgan fingerprint density at radius 2 is 2.15 bits per heavy atom. The van der Waals surface area contributed by atoms with Crippen LogP contribution in [0.1, 0.15) is 41.9 Å². The minimum Gasteiger partial charge on any atom is -0.363 e. The Morgan fingerprint density at radius 3 is 2.60 bits per heavy atom. The maximum atomic E-state index is 8.79. The summed E-state index contributed by atoms with van der Waals surface area (Å²) in [6.07, 6.45) is 2.52. The maximum Gasteiger partial charge on any atom is 0.126 e. The van der Waals surface area contributed by atoms with E-state index in [0.717, 1.165) is 23.6 Å². The molecule has 0 aliphatic carbocycles. The van der Waals surface area contributed by atoms with E-state index in [-0.39, 0.29) is 6.04 Å². The van der Waals surface area contributed by atoms with Gasteiger partial charge in [-0.25, -0.2) is 4.98 Å². The standard InChI is InChI=1S/C15H19N5/c1-5-13(15-10(2)19-20(4)11(15)3)18-14-7-6-12(8-16)9-17-14/h6-7,9,13H,5H2,1-4H3,(H,17,18). The normalized spacial score (nSPS) is 11.9. The highest BCUT2D eigenvalue weighted by Crippen LogP contribution is 2.26. The highest BCUT2D eigenvalue weighted by molar-refractivity contribution is 5.43. The molecule has 2 rings (SSSR count). The molecule has 0 fully saturated rings. The molecule has 0 amide bonds. The Hall–Kier alpha value is -2.35. The number of hydrogen-bond donors (Lipinski definition) is 1. The third-order valence-corrected chi connectivity index (χ3v) is 3.54. The van der Waals surface area contributed by atoms with Crippen LogP contribution in [0.3, 0.4) is 0 Å². The van der Waals surface area contributed by atoms with E-state index in [0.29, 0.717) is 5.56 Å². The van der Waals surface area contributed by atoms with Gasteiger partial charge in [0, 0.05) is 24.5 Å². The highest BCUT2D eigenvalue weighted by atomic mass is 15.3. The summed E-state index contributed by atoms with van der Waals surface area (Å²) in [6, 6.07) is 5.85. The van der Waals surface area contributed by atoms with Crippen molar-refractivity contribution in [1.29, 1.82) is 5.26 Å². The van der Waals surface area contributed by atoms with Crippen molar-refractivity contribution in [2.45, 2.75) is 33.2 Å². The van der Waals surface area contributed by atoms with Gasteiger partial charge in [-0.15, -0.1) is 0 Å². The Morgan fingerprint density at radius 1 is 1.40 bits per heavy atom. The molecule has 20 heavy (non-hydrogen) atoms. The van der Waals surface area contributed by atoms with E-state index in [1.54, 1.807) is 12.3 Å². The van der Waals surface area contributed by atoms with E-state index in [1.165, 1.54) is 5.56 Å². The molecule has 0 aromatic carbocycles. The van der Waals surface area contributed by atoms with Crippen molar-refractivity contribution in [2.24, 2.45) is 7.05 Å². The summed E-state index contributed by atoms with van der Waals surface area (Å²) in [6.45, 7) is 6.23. The number of aromatic nitrogens is 3. The topological polar surface area (TPSA) is 66.5 Å². The van der Waals surface area contributed by atoms with Crippen molar-refractivity contribution < 1.29 is 0 Å². The molecular weight excluding hydrogens is 250 g/mol. The fraction of sp³-hybridized carbons (Fsp3) is 0.400. The van der Waals surface area contributed by atoms with Crippen LogP contribution in [0.5, 0.6) is 0 Å². The Bertz CT molecular complexity index is 634. The summed E-state index contributed by atoms with van der Waals surface area (Å²) in [5.41, 5.74) is 3.99. The van der Waals surface area contributed by atoms with E-state index in [1.807, 2.05) is 24.7 Å². The van der Waals surface area contributed by atoms with Crippen LogP contribution in [0.15, 0.2) is 18.3 Å². The summed E-state index contributed by atoms with van der Waals surface area (Å²) in [5, 5.41) is 16.7. The predicted octanol–water partition coefficient (Wildman–Crippen LogP) is 2.87. The van der Waals surface area contributed by atoms with Crippen molar-refractivity contribution in [3.8, 4) is 6.07 Å². The van der Waals surface area contributed by atoms with Crippen LogP contribution in [0, 0.1) is 25.2 Å². The van der Waals surface area contributed by atoms with E-state index < -0.39 is 0 Å². The lowest BCUT2D eigenvalue weighted by Crippen LogP contribution is -2.12. The van der Waals surface area contributed by atoms with Gasteiger partial charge in [-0.05, 0) is 32.4 Å². The van der Waals surface area contributed by atoms with Gasteiger partial charge in [0.25, 0.3) is 0 Å². The Kier molecular flexibility index (Phi) is 4.04. The third kappa shape index (κ3) is 2.64. The molecule has 1 N–H and O–H groups in total. The first kappa shape index (κ1) is 14.1. The first-order chi connectivity index (χ1) is 9.56. The van der Waals surface area contributed by atoms with Crippen molar-refractivity contribution in [2.75, 3.05) is 5.32 Å². The summed E-state index contributed by atoms with van der Waals surface area (Å²) < 4.78 is 1.90. The molecule has 1 unspecified atom stereocenters. The van der Waals surface area contributed by atoms with Gasteiger partial charge in [0.2, 0.25) is 0 Å². The molecular formula is C15H19N5. The number of anilines is 1. The van der Waals surface area contributed by atoms with Crippen molar-refractivity contribution in [3.63, 3.8) is 0 Å². The zero-order chi connectivity index (χ0) is 14.7. The van der Waals surface area contributed by atoms with E-state index >= 15 is 0 Å². The van der Waals surface area contributed by atoms with Gasteiger partial charge in [-0.2, -0.15) is 10.4 Å². The van der Waals surface area contributed by atoms with Crippen molar-refractivity contribution >= 4 is 5.82 Å². The van der Waals surface area contributed by atoms with Crippen LogP contribution >= 0.6 is 0 Å². The minimum atomic E-state index is 0.170. The fourth-order valence-electron chi connectivity index (χ4n) is 2.40. The Balaban J connectivity index is 2.26.